The van der Waals surface area contributed by atoms with Gasteiger partial charge in [0.2, 0.25) is 0 Å². The number of carboxylic acids is 1. The zero-order valence-corrected chi connectivity index (χ0v) is 8.08. The van der Waals surface area contributed by atoms with Gasteiger partial charge in [0.15, 0.2) is 0 Å². The van der Waals surface area contributed by atoms with Crippen LogP contribution < -0.4 is 0 Å². The Balaban J connectivity index is 2.66. The number of rotatable bonds is 2. The van der Waals surface area contributed by atoms with Crippen LogP contribution in [0, 0.1) is 11.8 Å². The average molecular weight is 188 g/mol. The van der Waals surface area contributed by atoms with Crippen LogP contribution >= 0.6 is 0 Å². The molecule has 0 unspecified atom stereocenters. The quantitative estimate of drug-likeness (QED) is 0.721. The minimum Gasteiger partial charge on any atom is -0.481 e. The second-order valence-corrected chi connectivity index (χ2v) is 2.92. The van der Waals surface area contributed by atoms with Gasteiger partial charge in [0.05, 0.1) is 0 Å². The standard InChI is InChI=1S/C12H12O2/c1-2-10-6-8-11(9-7-10)4-3-5-12(13)14/h6-9H,2,5H2,1H3,(H,13,14). The largest absolute Gasteiger partial charge is 0.481 e. The van der Waals surface area contributed by atoms with Crippen molar-refractivity contribution in [1.82, 2.24) is 0 Å². The number of aliphatic carboxylic acids is 1. The smallest absolute Gasteiger partial charge is 0.315 e. The van der Waals surface area contributed by atoms with E-state index >= 15 is 0 Å². The first-order valence-corrected chi connectivity index (χ1v) is 4.52. The van der Waals surface area contributed by atoms with Crippen LogP contribution in [0.25, 0.3) is 0 Å². The summed E-state index contributed by atoms with van der Waals surface area (Å²) in [5.41, 5.74) is 2.12. The van der Waals surface area contributed by atoms with E-state index < -0.39 is 5.97 Å². The third-order valence-corrected chi connectivity index (χ3v) is 1.83. The van der Waals surface area contributed by atoms with Crippen molar-refractivity contribution in [2.75, 3.05) is 0 Å². The highest BCUT2D eigenvalue weighted by atomic mass is 16.4. The molecule has 0 spiro atoms. The number of aryl methyl sites for hydroxylation is 1. The molecule has 2 heteroatoms. The fourth-order valence-electron chi connectivity index (χ4n) is 1.05. The number of hydrogen-bond donors (Lipinski definition) is 1. The van der Waals surface area contributed by atoms with Crippen molar-refractivity contribution in [3.8, 4) is 11.8 Å². The van der Waals surface area contributed by atoms with Gasteiger partial charge >= 0.3 is 5.97 Å². The molecule has 0 amide bonds. The van der Waals surface area contributed by atoms with Crippen LogP contribution in [0.1, 0.15) is 24.5 Å². The Bertz CT molecular complexity index is 366. The molecule has 0 heterocycles. The highest BCUT2D eigenvalue weighted by molar-refractivity contribution is 5.70. The molecule has 0 aliphatic rings. The lowest BCUT2D eigenvalue weighted by Crippen LogP contribution is -1.90. The first kappa shape index (κ1) is 10.3. The fraction of sp³-hybridized carbons (Fsp3) is 0.250. The molecule has 1 rings (SSSR count). The van der Waals surface area contributed by atoms with Crippen molar-refractivity contribution in [3.63, 3.8) is 0 Å². The van der Waals surface area contributed by atoms with Crippen molar-refractivity contribution in [3.05, 3.63) is 35.4 Å². The minimum atomic E-state index is -0.886. The van der Waals surface area contributed by atoms with Crippen LogP contribution in [0.2, 0.25) is 0 Å². The molecule has 0 aromatic heterocycles. The lowest BCUT2D eigenvalue weighted by atomic mass is 10.1. The molecule has 1 N–H and O–H groups in total. The Kier molecular flexibility index (Phi) is 3.75. The maximum atomic E-state index is 10.2. The topological polar surface area (TPSA) is 37.3 Å². The molecule has 0 aliphatic carbocycles. The van der Waals surface area contributed by atoms with Gasteiger partial charge in [-0.15, -0.1) is 0 Å². The number of hydrogen-bond acceptors (Lipinski definition) is 1. The Morgan fingerprint density at radius 3 is 2.50 bits per heavy atom. The van der Waals surface area contributed by atoms with E-state index in [1.807, 2.05) is 24.3 Å². The molecule has 14 heavy (non-hydrogen) atoms. The molecule has 1 aromatic rings. The SMILES string of the molecule is CCc1ccc(C#CCC(=O)O)cc1. The van der Waals surface area contributed by atoms with E-state index in [9.17, 15) is 4.79 Å². The Labute approximate surface area is 83.6 Å². The summed E-state index contributed by atoms with van der Waals surface area (Å²) in [7, 11) is 0. The van der Waals surface area contributed by atoms with Gasteiger partial charge < -0.3 is 5.11 Å². The van der Waals surface area contributed by atoms with E-state index in [-0.39, 0.29) is 6.42 Å². The second kappa shape index (κ2) is 5.08. The first-order chi connectivity index (χ1) is 6.72. The zero-order chi connectivity index (χ0) is 10.4. The van der Waals surface area contributed by atoms with Crippen molar-refractivity contribution >= 4 is 5.97 Å². The van der Waals surface area contributed by atoms with E-state index in [2.05, 4.69) is 18.8 Å². The van der Waals surface area contributed by atoms with E-state index in [0.717, 1.165) is 12.0 Å². The summed E-state index contributed by atoms with van der Waals surface area (Å²) in [5.74, 6) is 4.50. The zero-order valence-electron chi connectivity index (χ0n) is 8.08. The van der Waals surface area contributed by atoms with Crippen molar-refractivity contribution < 1.29 is 9.90 Å². The lowest BCUT2D eigenvalue weighted by molar-refractivity contribution is -0.135. The number of benzene rings is 1. The summed E-state index contributed by atoms with van der Waals surface area (Å²) in [4.78, 5) is 10.2. The highest BCUT2D eigenvalue weighted by Crippen LogP contribution is 2.03. The molecule has 0 aliphatic heterocycles. The Hall–Kier alpha value is -1.75. The third kappa shape index (κ3) is 3.32. The molecule has 0 atom stereocenters. The summed E-state index contributed by atoms with van der Waals surface area (Å²) in [5, 5.41) is 8.37. The van der Waals surface area contributed by atoms with E-state index in [4.69, 9.17) is 5.11 Å². The lowest BCUT2D eigenvalue weighted by Gasteiger charge is -1.94. The Morgan fingerprint density at radius 2 is 2.00 bits per heavy atom. The first-order valence-electron chi connectivity index (χ1n) is 4.52. The molecule has 0 radical (unpaired) electrons. The number of carboxylic acid groups (broad SMARTS) is 1. The average Bonchev–Trinajstić information content (AvgIpc) is 2.18. The van der Waals surface area contributed by atoms with Crippen LogP contribution in [-0.2, 0) is 11.2 Å². The highest BCUT2D eigenvalue weighted by Gasteiger charge is 1.90. The summed E-state index contributed by atoms with van der Waals surface area (Å²) < 4.78 is 0. The van der Waals surface area contributed by atoms with Gasteiger partial charge in [0, 0.05) is 5.56 Å². The summed E-state index contributed by atoms with van der Waals surface area (Å²) >= 11 is 0. The van der Waals surface area contributed by atoms with Crippen LogP contribution in [0.3, 0.4) is 0 Å². The number of carbonyl (C=O) groups is 1. The Morgan fingerprint density at radius 1 is 1.36 bits per heavy atom. The van der Waals surface area contributed by atoms with Gasteiger partial charge in [-0.3, -0.25) is 4.79 Å². The van der Waals surface area contributed by atoms with Crippen molar-refractivity contribution in [2.45, 2.75) is 19.8 Å². The molecule has 72 valence electrons. The van der Waals surface area contributed by atoms with Crippen LogP contribution in [0.5, 0.6) is 0 Å². The molecular weight excluding hydrogens is 176 g/mol. The molecule has 0 bridgehead atoms. The summed E-state index contributed by atoms with van der Waals surface area (Å²) in [6.45, 7) is 2.09. The minimum absolute atomic E-state index is 0.102. The maximum absolute atomic E-state index is 10.2. The molecule has 2 nitrogen and oxygen atoms in total. The van der Waals surface area contributed by atoms with Gasteiger partial charge in [-0.2, -0.15) is 0 Å². The van der Waals surface area contributed by atoms with Gasteiger partial charge in [0.1, 0.15) is 6.42 Å². The van der Waals surface area contributed by atoms with Gasteiger partial charge in [-0.1, -0.05) is 30.9 Å². The van der Waals surface area contributed by atoms with Gasteiger partial charge in [-0.25, -0.2) is 0 Å². The molecule has 1 aromatic carbocycles. The molecule has 0 saturated carbocycles. The predicted octanol–water partition coefficient (Wildman–Crippen LogP) is 2.08. The van der Waals surface area contributed by atoms with Gasteiger partial charge in [0.25, 0.3) is 0 Å². The summed E-state index contributed by atoms with van der Waals surface area (Å²) in [6.07, 6.45) is 0.901. The molecular formula is C12H12O2. The van der Waals surface area contributed by atoms with Crippen LogP contribution in [0.4, 0.5) is 0 Å². The van der Waals surface area contributed by atoms with Crippen molar-refractivity contribution in [1.29, 1.82) is 0 Å². The monoisotopic (exact) mass is 188 g/mol. The predicted molar refractivity (Wildman–Crippen MR) is 55.0 cm³/mol. The maximum Gasteiger partial charge on any atom is 0.315 e. The normalized spacial score (nSPS) is 8.93. The molecule has 0 saturated heterocycles. The van der Waals surface area contributed by atoms with E-state index in [1.54, 1.807) is 0 Å². The molecule has 0 fully saturated rings. The summed E-state index contributed by atoms with van der Waals surface area (Å²) in [6, 6.07) is 7.83. The fourth-order valence-corrected chi connectivity index (χ4v) is 1.05. The van der Waals surface area contributed by atoms with E-state index in [0.29, 0.717) is 0 Å². The van der Waals surface area contributed by atoms with Crippen molar-refractivity contribution in [2.24, 2.45) is 0 Å². The van der Waals surface area contributed by atoms with Gasteiger partial charge in [-0.05, 0) is 24.1 Å². The second-order valence-electron chi connectivity index (χ2n) is 2.92. The van der Waals surface area contributed by atoms with Crippen LogP contribution in [-0.4, -0.2) is 11.1 Å². The van der Waals surface area contributed by atoms with E-state index in [1.165, 1.54) is 5.56 Å². The van der Waals surface area contributed by atoms with Crippen LogP contribution in [0.15, 0.2) is 24.3 Å². The third-order valence-electron chi connectivity index (χ3n) is 1.83.